The smallest absolute Gasteiger partial charge is 0.417 e. The number of rotatable bonds is 2. The van der Waals surface area contributed by atoms with Crippen molar-refractivity contribution in [2.45, 2.75) is 45.4 Å². The monoisotopic (exact) mass is 314 g/mol. The number of esters is 1. The molecule has 124 valence electrons. The highest BCUT2D eigenvalue weighted by Gasteiger charge is 2.56. The predicted octanol–water partition coefficient (Wildman–Crippen LogP) is 0.557. The van der Waals surface area contributed by atoms with Crippen LogP contribution in [-0.2, 0) is 23.9 Å². The topological polar surface area (TPSA) is 85.4 Å². The number of hydrogen-bond acceptors (Lipinski definition) is 7. The van der Waals surface area contributed by atoms with Crippen molar-refractivity contribution >= 4 is 18.0 Å². The number of hydroxylamine groups is 2. The zero-order chi connectivity index (χ0) is 16.7. The van der Waals surface area contributed by atoms with Gasteiger partial charge in [0, 0.05) is 20.5 Å². The molecule has 8 nitrogen and oxygen atoms in total. The third-order valence-corrected chi connectivity index (χ3v) is 3.47. The number of hydrogen-bond donors (Lipinski definition) is 0. The molecule has 0 bridgehead atoms. The Hall–Kier alpha value is -1.67. The lowest BCUT2D eigenvalue weighted by molar-refractivity contribution is -0.158. The van der Waals surface area contributed by atoms with Crippen molar-refractivity contribution in [3.63, 3.8) is 0 Å². The second-order valence-electron chi connectivity index (χ2n) is 6.55. The van der Waals surface area contributed by atoms with Crippen molar-refractivity contribution in [3.05, 3.63) is 0 Å². The normalized spacial score (nSPS) is 28.7. The average Bonchev–Trinajstić information content (AvgIpc) is 2.82. The van der Waals surface area contributed by atoms with Gasteiger partial charge >= 0.3 is 12.1 Å². The van der Waals surface area contributed by atoms with Crippen molar-refractivity contribution in [2.24, 2.45) is 5.92 Å². The number of likely N-dealkylation sites (tertiary alicyclic amines) is 1. The molecule has 0 radical (unpaired) electrons. The molecule has 0 saturated carbocycles. The van der Waals surface area contributed by atoms with E-state index in [9.17, 15) is 14.4 Å². The van der Waals surface area contributed by atoms with Crippen LogP contribution in [0.1, 0.15) is 27.7 Å². The van der Waals surface area contributed by atoms with E-state index in [2.05, 4.69) is 0 Å². The summed E-state index contributed by atoms with van der Waals surface area (Å²) in [6.45, 7) is 6.72. The van der Waals surface area contributed by atoms with Gasteiger partial charge in [0.05, 0.1) is 5.92 Å². The summed E-state index contributed by atoms with van der Waals surface area (Å²) >= 11 is 0. The van der Waals surface area contributed by atoms with Gasteiger partial charge in [0.15, 0.2) is 0 Å². The molecule has 0 aromatic carbocycles. The summed E-state index contributed by atoms with van der Waals surface area (Å²) < 4.78 is 10.3. The van der Waals surface area contributed by atoms with Crippen molar-refractivity contribution in [1.82, 2.24) is 9.96 Å². The number of nitrogens with zero attached hydrogens (tertiary/aromatic N) is 2. The zero-order valence-electron chi connectivity index (χ0n) is 13.5. The van der Waals surface area contributed by atoms with Crippen LogP contribution < -0.4 is 0 Å². The summed E-state index contributed by atoms with van der Waals surface area (Å²) in [6.07, 6.45) is -1.26. The fraction of sp³-hybridized carbons (Fsp3) is 0.786. The predicted molar refractivity (Wildman–Crippen MR) is 74.5 cm³/mol. The Bertz CT molecular complexity index is 486. The number of ether oxygens (including phenoxy) is 2. The SMILES string of the molecule is CC(=O)OC[C@@H]1[C@H]2ON(C)C[C@H]2C(=O)N1C(=O)OC(C)(C)C. The molecular formula is C14H22N2O6. The first-order chi connectivity index (χ1) is 10.1. The van der Waals surface area contributed by atoms with Gasteiger partial charge in [-0.15, -0.1) is 0 Å². The largest absolute Gasteiger partial charge is 0.464 e. The van der Waals surface area contributed by atoms with Crippen molar-refractivity contribution in [3.8, 4) is 0 Å². The third kappa shape index (κ3) is 3.38. The van der Waals surface area contributed by atoms with Crippen LogP contribution in [0.3, 0.4) is 0 Å². The maximum absolute atomic E-state index is 12.5. The van der Waals surface area contributed by atoms with E-state index in [4.69, 9.17) is 14.3 Å². The maximum atomic E-state index is 12.5. The van der Waals surface area contributed by atoms with Gasteiger partial charge in [-0.3, -0.25) is 14.4 Å². The summed E-state index contributed by atoms with van der Waals surface area (Å²) in [5.41, 5.74) is -0.724. The molecule has 0 aromatic rings. The van der Waals surface area contributed by atoms with Gasteiger partial charge in [0.1, 0.15) is 24.4 Å². The lowest BCUT2D eigenvalue weighted by atomic mass is 10.0. The van der Waals surface area contributed by atoms with Crippen LogP contribution in [0.4, 0.5) is 4.79 Å². The third-order valence-electron chi connectivity index (χ3n) is 3.47. The van der Waals surface area contributed by atoms with E-state index in [1.807, 2.05) is 0 Å². The van der Waals surface area contributed by atoms with Gasteiger partial charge in [0.25, 0.3) is 0 Å². The Morgan fingerprint density at radius 1 is 1.36 bits per heavy atom. The lowest BCUT2D eigenvalue weighted by Crippen LogP contribution is -2.48. The minimum absolute atomic E-state index is 0.102. The number of carbonyl (C=O) groups is 3. The number of fused-ring (bicyclic) bond motifs is 1. The molecule has 0 spiro atoms. The molecule has 0 aromatic heterocycles. The van der Waals surface area contributed by atoms with Crippen molar-refractivity contribution in [2.75, 3.05) is 20.2 Å². The molecule has 2 amide bonds. The van der Waals surface area contributed by atoms with Crippen molar-refractivity contribution in [1.29, 1.82) is 0 Å². The highest BCUT2D eigenvalue weighted by Crippen LogP contribution is 2.35. The summed E-state index contributed by atoms with van der Waals surface area (Å²) in [7, 11) is 1.71. The van der Waals surface area contributed by atoms with Crippen LogP contribution in [0, 0.1) is 5.92 Å². The molecule has 0 unspecified atom stereocenters. The minimum Gasteiger partial charge on any atom is -0.464 e. The summed E-state index contributed by atoms with van der Waals surface area (Å²) in [5, 5.41) is 1.56. The zero-order valence-corrected chi connectivity index (χ0v) is 13.5. The lowest BCUT2D eigenvalue weighted by Gasteiger charge is -2.29. The quantitative estimate of drug-likeness (QED) is 0.688. The second kappa shape index (κ2) is 5.85. The molecule has 2 heterocycles. The standard InChI is InChI=1S/C14H22N2O6/c1-8(17)20-7-10-11-9(6-15(5)22-11)12(18)16(10)13(19)21-14(2,3)4/h9-11H,6-7H2,1-5H3/t9-,10-,11+/m1/s1. The van der Waals surface area contributed by atoms with Crippen LogP contribution in [0.5, 0.6) is 0 Å². The molecule has 22 heavy (non-hydrogen) atoms. The highest BCUT2D eigenvalue weighted by molar-refractivity contribution is 5.96. The molecular weight excluding hydrogens is 292 g/mol. The Balaban J connectivity index is 2.20. The molecule has 2 saturated heterocycles. The van der Waals surface area contributed by atoms with E-state index in [-0.39, 0.29) is 12.5 Å². The molecule has 3 atom stereocenters. The van der Waals surface area contributed by atoms with Crippen LogP contribution >= 0.6 is 0 Å². The minimum atomic E-state index is -0.740. The van der Waals surface area contributed by atoms with E-state index in [0.29, 0.717) is 6.54 Å². The molecule has 2 fully saturated rings. The van der Waals surface area contributed by atoms with Gasteiger partial charge in [-0.25, -0.2) is 9.69 Å². The second-order valence-corrected chi connectivity index (χ2v) is 6.55. The van der Waals surface area contributed by atoms with Crippen LogP contribution in [0.25, 0.3) is 0 Å². The van der Waals surface area contributed by atoms with Gasteiger partial charge in [-0.2, -0.15) is 5.06 Å². The molecule has 2 rings (SSSR count). The molecule has 2 aliphatic heterocycles. The fourth-order valence-electron chi connectivity index (χ4n) is 2.66. The first-order valence-corrected chi connectivity index (χ1v) is 7.17. The Labute approximate surface area is 129 Å². The van der Waals surface area contributed by atoms with Gasteiger partial charge < -0.3 is 9.47 Å². The van der Waals surface area contributed by atoms with Gasteiger partial charge in [-0.1, -0.05) is 0 Å². The van der Waals surface area contributed by atoms with Crippen LogP contribution in [-0.4, -0.2) is 65.9 Å². The van der Waals surface area contributed by atoms with E-state index >= 15 is 0 Å². The Morgan fingerprint density at radius 2 is 2.00 bits per heavy atom. The van der Waals surface area contributed by atoms with Gasteiger partial charge in [-0.05, 0) is 20.8 Å². The first-order valence-electron chi connectivity index (χ1n) is 7.17. The average molecular weight is 314 g/mol. The molecule has 2 aliphatic rings. The first kappa shape index (κ1) is 16.7. The molecule has 0 N–H and O–H groups in total. The number of amides is 2. The maximum Gasteiger partial charge on any atom is 0.417 e. The van der Waals surface area contributed by atoms with Crippen LogP contribution in [0.2, 0.25) is 0 Å². The van der Waals surface area contributed by atoms with Crippen molar-refractivity contribution < 1.29 is 28.7 Å². The van der Waals surface area contributed by atoms with Crippen LogP contribution in [0.15, 0.2) is 0 Å². The molecule has 0 aliphatic carbocycles. The number of carbonyl (C=O) groups excluding carboxylic acids is 3. The van der Waals surface area contributed by atoms with E-state index in [1.165, 1.54) is 6.92 Å². The number of imide groups is 1. The van der Waals surface area contributed by atoms with E-state index in [0.717, 1.165) is 4.90 Å². The van der Waals surface area contributed by atoms with E-state index in [1.54, 1.807) is 32.9 Å². The van der Waals surface area contributed by atoms with Gasteiger partial charge in [0.2, 0.25) is 5.91 Å². The summed E-state index contributed by atoms with van der Waals surface area (Å²) in [4.78, 5) is 42.5. The summed E-state index contributed by atoms with van der Waals surface area (Å²) in [5.74, 6) is -1.30. The Morgan fingerprint density at radius 3 is 2.55 bits per heavy atom. The highest BCUT2D eigenvalue weighted by atomic mass is 16.7. The molecule has 8 heteroatoms. The Kier molecular flexibility index (Phi) is 4.44. The summed E-state index contributed by atoms with van der Waals surface area (Å²) in [6, 6.07) is -0.679. The fourth-order valence-corrected chi connectivity index (χ4v) is 2.66. The van der Waals surface area contributed by atoms with E-state index < -0.39 is 35.7 Å².